The topological polar surface area (TPSA) is 76.0 Å². The first-order valence-electron chi connectivity index (χ1n) is 11.5. The summed E-state index contributed by atoms with van der Waals surface area (Å²) < 4.78 is 12.3. The van der Waals surface area contributed by atoms with Crippen molar-refractivity contribution in [1.29, 1.82) is 0 Å². The molecule has 2 aliphatic heterocycles. The number of aliphatic hydroxyl groups is 2. The number of aliphatic hydroxyl groups excluding tert-OH is 2. The van der Waals surface area contributed by atoms with Crippen molar-refractivity contribution in [1.82, 2.24) is 0 Å². The predicted octanol–water partition coefficient (Wildman–Crippen LogP) is 4.78. The lowest BCUT2D eigenvalue weighted by molar-refractivity contribution is -0.113. The van der Waals surface area contributed by atoms with Crippen molar-refractivity contribution in [2.75, 3.05) is 6.61 Å². The van der Waals surface area contributed by atoms with Crippen molar-refractivity contribution in [2.45, 2.75) is 75.3 Å². The molecule has 170 valence electrons. The first-order chi connectivity index (χ1) is 15.4. The number of rotatable bonds is 4. The molecule has 0 aromatic heterocycles. The summed E-state index contributed by atoms with van der Waals surface area (Å²) in [4.78, 5) is 12.9. The molecule has 1 spiro atoms. The molecule has 1 saturated carbocycles. The summed E-state index contributed by atoms with van der Waals surface area (Å²) in [5.74, 6) is 0.862. The molecule has 6 heteroatoms. The molecule has 32 heavy (non-hydrogen) atoms. The van der Waals surface area contributed by atoms with E-state index < -0.39 is 6.10 Å². The summed E-state index contributed by atoms with van der Waals surface area (Å²) in [6.45, 7) is -0.111. The summed E-state index contributed by atoms with van der Waals surface area (Å²) in [7, 11) is 0. The lowest BCUT2D eigenvalue weighted by atomic mass is 9.87. The first-order valence-corrected chi connectivity index (χ1v) is 11.9. The summed E-state index contributed by atoms with van der Waals surface area (Å²) >= 11 is 6.50. The quantitative estimate of drug-likeness (QED) is 0.692. The molecule has 2 unspecified atom stereocenters. The van der Waals surface area contributed by atoms with Gasteiger partial charge in [-0.3, -0.25) is 4.79 Å². The predicted molar refractivity (Wildman–Crippen MR) is 121 cm³/mol. The van der Waals surface area contributed by atoms with Gasteiger partial charge in [0.2, 0.25) is 0 Å². The van der Waals surface area contributed by atoms with E-state index in [9.17, 15) is 15.0 Å². The lowest BCUT2D eigenvalue weighted by Crippen LogP contribution is -2.39. The molecule has 2 fully saturated rings. The average molecular weight is 457 g/mol. The summed E-state index contributed by atoms with van der Waals surface area (Å²) in [5, 5.41) is 20.3. The maximum absolute atomic E-state index is 12.9. The number of ether oxygens (including phenoxy) is 2. The Balaban J connectivity index is 1.37. The van der Waals surface area contributed by atoms with Crippen LogP contribution < -0.4 is 4.74 Å². The average Bonchev–Trinajstić information content (AvgIpc) is 3.22. The van der Waals surface area contributed by atoms with Gasteiger partial charge in [-0.15, -0.1) is 0 Å². The maximum Gasteiger partial charge on any atom is 0.170 e. The Morgan fingerprint density at radius 1 is 1.09 bits per heavy atom. The van der Waals surface area contributed by atoms with Gasteiger partial charge in [-0.25, -0.2) is 0 Å². The van der Waals surface area contributed by atoms with Gasteiger partial charge in [-0.1, -0.05) is 29.8 Å². The van der Waals surface area contributed by atoms with Gasteiger partial charge in [-0.2, -0.15) is 0 Å². The highest BCUT2D eigenvalue weighted by Crippen LogP contribution is 2.43. The third-order valence-electron chi connectivity index (χ3n) is 7.09. The number of fused-ring (bicyclic) bond motifs is 1. The lowest BCUT2D eigenvalue weighted by Gasteiger charge is -2.34. The number of halogens is 1. The fourth-order valence-electron chi connectivity index (χ4n) is 5.42. The normalized spacial score (nSPS) is 26.7. The molecule has 2 aromatic rings. The minimum atomic E-state index is -0.500. The van der Waals surface area contributed by atoms with Crippen LogP contribution in [0.5, 0.6) is 5.75 Å². The second kappa shape index (κ2) is 8.79. The summed E-state index contributed by atoms with van der Waals surface area (Å²) in [5.41, 5.74) is 3.24. The van der Waals surface area contributed by atoms with Gasteiger partial charge in [0, 0.05) is 17.9 Å². The fourth-order valence-corrected chi connectivity index (χ4v) is 5.61. The minimum Gasteiger partial charge on any atom is -0.486 e. The number of Topliss-reactive ketones (excluding diaryl/α,β-unsaturated/α-hetero) is 1. The Morgan fingerprint density at radius 3 is 2.69 bits per heavy atom. The largest absolute Gasteiger partial charge is 0.486 e. The Kier molecular flexibility index (Phi) is 6.01. The smallest absolute Gasteiger partial charge is 0.170 e. The fraction of sp³-hybridized carbons (Fsp3) is 0.500. The van der Waals surface area contributed by atoms with E-state index in [1.54, 1.807) is 0 Å². The van der Waals surface area contributed by atoms with Crippen LogP contribution in [-0.2, 0) is 11.2 Å². The number of carbonyl (C=O) groups excluding carboxylic acids is 1. The second-order valence-electron chi connectivity index (χ2n) is 9.50. The van der Waals surface area contributed by atoms with Crippen molar-refractivity contribution < 1.29 is 24.5 Å². The number of benzene rings is 2. The SMILES string of the molecule is O=C1CC2(CCCC2)Oc2ccc(Cc3cc(C4CC(O)C[C@@H](CO)O4)ccc3Cl)cc21. The van der Waals surface area contributed by atoms with Crippen LogP contribution in [0.25, 0.3) is 0 Å². The van der Waals surface area contributed by atoms with Crippen LogP contribution in [0.2, 0.25) is 5.02 Å². The van der Waals surface area contributed by atoms with E-state index >= 15 is 0 Å². The van der Waals surface area contributed by atoms with Crippen LogP contribution in [0, 0.1) is 0 Å². The van der Waals surface area contributed by atoms with Crippen LogP contribution in [-0.4, -0.2) is 40.4 Å². The third kappa shape index (κ3) is 4.32. The Morgan fingerprint density at radius 2 is 1.91 bits per heavy atom. The summed E-state index contributed by atoms with van der Waals surface area (Å²) in [6, 6.07) is 11.6. The Labute approximate surface area is 193 Å². The first kappa shape index (κ1) is 21.9. The third-order valence-corrected chi connectivity index (χ3v) is 7.45. The zero-order valence-electron chi connectivity index (χ0n) is 18.1. The van der Waals surface area contributed by atoms with E-state index in [-0.39, 0.29) is 30.2 Å². The van der Waals surface area contributed by atoms with Gasteiger partial charge in [0.15, 0.2) is 5.78 Å². The van der Waals surface area contributed by atoms with Crippen LogP contribution in [0.1, 0.15) is 78.1 Å². The highest BCUT2D eigenvalue weighted by Gasteiger charge is 2.42. The molecule has 1 saturated heterocycles. The van der Waals surface area contributed by atoms with Crippen molar-refractivity contribution in [3.63, 3.8) is 0 Å². The van der Waals surface area contributed by atoms with Crippen LogP contribution in [0.3, 0.4) is 0 Å². The molecule has 2 aromatic carbocycles. The summed E-state index contributed by atoms with van der Waals surface area (Å²) in [6.07, 6.45) is 4.99. The molecule has 0 radical (unpaired) electrons. The number of hydrogen-bond acceptors (Lipinski definition) is 5. The van der Waals surface area contributed by atoms with Gasteiger partial charge in [0.1, 0.15) is 11.4 Å². The van der Waals surface area contributed by atoms with Gasteiger partial charge >= 0.3 is 0 Å². The Bertz CT molecular complexity index is 1010. The molecule has 3 aliphatic rings. The van der Waals surface area contributed by atoms with Crippen LogP contribution >= 0.6 is 11.6 Å². The van der Waals surface area contributed by atoms with Gasteiger partial charge in [0.25, 0.3) is 0 Å². The van der Waals surface area contributed by atoms with Crippen LogP contribution in [0.15, 0.2) is 36.4 Å². The molecule has 0 amide bonds. The van der Waals surface area contributed by atoms with E-state index in [2.05, 4.69) is 0 Å². The Hall–Kier alpha value is -1.92. The van der Waals surface area contributed by atoms with E-state index in [1.165, 1.54) is 0 Å². The van der Waals surface area contributed by atoms with Gasteiger partial charge in [-0.05, 0) is 67.0 Å². The molecular formula is C26H29ClO5. The van der Waals surface area contributed by atoms with Crippen molar-refractivity contribution in [2.24, 2.45) is 0 Å². The molecule has 2 heterocycles. The number of hydrogen-bond donors (Lipinski definition) is 2. The van der Waals surface area contributed by atoms with E-state index in [0.29, 0.717) is 42.0 Å². The maximum atomic E-state index is 12.9. The second-order valence-corrected chi connectivity index (χ2v) is 9.91. The molecule has 0 bridgehead atoms. The van der Waals surface area contributed by atoms with E-state index in [4.69, 9.17) is 21.1 Å². The van der Waals surface area contributed by atoms with Gasteiger partial charge < -0.3 is 19.7 Å². The standard InChI is InChI=1S/C26H29ClO5/c27-22-5-4-17(25-13-19(29)12-20(15-28)31-25)11-18(22)9-16-3-6-24-21(10-16)23(30)14-26(32-24)7-1-2-8-26/h3-6,10-11,19-20,25,28-29H,1-2,7-9,12-15H2/t19?,20-,25?/m0/s1. The number of carbonyl (C=O) groups is 1. The molecular weight excluding hydrogens is 428 g/mol. The van der Waals surface area contributed by atoms with Crippen LogP contribution in [0.4, 0.5) is 0 Å². The zero-order chi connectivity index (χ0) is 22.3. The number of ketones is 1. The van der Waals surface area contributed by atoms with E-state index in [1.807, 2.05) is 36.4 Å². The molecule has 5 rings (SSSR count). The van der Waals surface area contributed by atoms with Crippen molar-refractivity contribution >= 4 is 17.4 Å². The molecule has 5 nitrogen and oxygen atoms in total. The monoisotopic (exact) mass is 456 g/mol. The minimum absolute atomic E-state index is 0.111. The van der Waals surface area contributed by atoms with E-state index in [0.717, 1.165) is 42.4 Å². The zero-order valence-corrected chi connectivity index (χ0v) is 18.8. The van der Waals surface area contributed by atoms with Crippen molar-refractivity contribution in [3.05, 3.63) is 63.7 Å². The highest BCUT2D eigenvalue weighted by atomic mass is 35.5. The van der Waals surface area contributed by atoms with Crippen molar-refractivity contribution in [3.8, 4) is 5.75 Å². The molecule has 3 atom stereocenters. The highest BCUT2D eigenvalue weighted by molar-refractivity contribution is 6.31. The van der Waals surface area contributed by atoms with Gasteiger partial charge in [0.05, 0.1) is 36.9 Å². The molecule has 2 N–H and O–H groups in total. The molecule has 1 aliphatic carbocycles.